The van der Waals surface area contributed by atoms with E-state index < -0.39 is 6.04 Å². The lowest BCUT2D eigenvalue weighted by Crippen LogP contribution is -2.38. The number of halogens is 1. The van der Waals surface area contributed by atoms with E-state index in [4.69, 9.17) is 5.10 Å². The van der Waals surface area contributed by atoms with Crippen molar-refractivity contribution in [1.29, 1.82) is 0 Å². The molecule has 3 aromatic carbocycles. The third-order valence-electron chi connectivity index (χ3n) is 6.56. The molecule has 0 radical (unpaired) electrons. The Labute approximate surface area is 208 Å². The van der Waals surface area contributed by atoms with Crippen molar-refractivity contribution in [2.24, 2.45) is 0 Å². The van der Waals surface area contributed by atoms with Gasteiger partial charge in [-0.15, -0.1) is 0 Å². The highest BCUT2D eigenvalue weighted by atomic mass is 19.1. The van der Waals surface area contributed by atoms with E-state index in [0.717, 1.165) is 34.0 Å². The average Bonchev–Trinajstić information content (AvgIpc) is 3.46. The summed E-state index contributed by atoms with van der Waals surface area (Å²) in [7, 11) is 0. The van der Waals surface area contributed by atoms with Gasteiger partial charge in [-0.1, -0.05) is 48.5 Å². The maximum atomic E-state index is 13.9. The minimum absolute atomic E-state index is 0.247. The number of aryl methyl sites for hydroxylation is 1. The smallest absolute Gasteiger partial charge is 0.308 e. The van der Waals surface area contributed by atoms with Crippen LogP contribution in [0.3, 0.4) is 0 Å². The number of amides is 2. The van der Waals surface area contributed by atoms with Gasteiger partial charge in [0.05, 0.1) is 29.7 Å². The Bertz CT molecular complexity index is 1520. The summed E-state index contributed by atoms with van der Waals surface area (Å²) in [5.41, 5.74) is 5.14. The summed E-state index contributed by atoms with van der Waals surface area (Å²) >= 11 is 0. The lowest BCUT2D eigenvalue weighted by atomic mass is 10.0. The first-order valence-corrected chi connectivity index (χ1v) is 11.8. The summed E-state index contributed by atoms with van der Waals surface area (Å²) in [6, 6.07) is 29.0. The molecule has 0 saturated heterocycles. The molecule has 6 rings (SSSR count). The number of anilines is 1. The van der Waals surface area contributed by atoms with E-state index in [0.29, 0.717) is 12.2 Å². The summed E-state index contributed by atoms with van der Waals surface area (Å²) in [4.78, 5) is 15.6. The van der Waals surface area contributed by atoms with Crippen LogP contribution in [0.4, 0.5) is 14.9 Å². The summed E-state index contributed by atoms with van der Waals surface area (Å²) in [6.45, 7) is 2.29. The van der Waals surface area contributed by atoms with Gasteiger partial charge in [0.1, 0.15) is 11.6 Å². The standard InChI is InChI=1S/C29H24FN5O/c1-20-25-19-34(29(36)31-23-9-4-2-5-10-23)27(21-14-16-22(30)17-15-21)26-13-8-18-33(26)28(25)35(32-20)24-11-6-3-7-12-24/h2-18,27H,19H2,1H3,(H,31,36)/t27-/m1/s1. The number of hydrogen-bond donors (Lipinski definition) is 1. The van der Waals surface area contributed by atoms with Gasteiger partial charge in [0.25, 0.3) is 0 Å². The third-order valence-corrected chi connectivity index (χ3v) is 6.56. The van der Waals surface area contributed by atoms with Gasteiger partial charge in [-0.3, -0.25) is 0 Å². The fraction of sp³-hybridized carbons (Fsp3) is 0.103. The summed E-state index contributed by atoms with van der Waals surface area (Å²) in [5, 5.41) is 7.90. The summed E-state index contributed by atoms with van der Waals surface area (Å²) in [5.74, 6) is 0.572. The first kappa shape index (κ1) is 21.9. The molecule has 7 heteroatoms. The van der Waals surface area contributed by atoms with Crippen molar-refractivity contribution < 1.29 is 9.18 Å². The molecule has 0 spiro atoms. The highest BCUT2D eigenvalue weighted by Crippen LogP contribution is 2.38. The van der Waals surface area contributed by atoms with Gasteiger partial charge in [-0.05, 0) is 61.0 Å². The molecule has 36 heavy (non-hydrogen) atoms. The number of carbonyl (C=O) groups excluding carboxylic acids is 1. The Morgan fingerprint density at radius 3 is 2.33 bits per heavy atom. The summed E-state index contributed by atoms with van der Waals surface area (Å²) in [6.07, 6.45) is 1.99. The molecule has 0 unspecified atom stereocenters. The molecule has 2 amide bonds. The lowest BCUT2D eigenvalue weighted by Gasteiger charge is -2.31. The Kier molecular flexibility index (Phi) is 5.37. The molecular formula is C29H24FN5O. The van der Waals surface area contributed by atoms with Crippen LogP contribution >= 0.6 is 0 Å². The Morgan fingerprint density at radius 2 is 1.61 bits per heavy atom. The molecule has 0 saturated carbocycles. The largest absolute Gasteiger partial charge is 0.322 e. The van der Waals surface area contributed by atoms with E-state index >= 15 is 0 Å². The van der Waals surface area contributed by atoms with Crippen LogP contribution in [-0.4, -0.2) is 25.3 Å². The zero-order valence-electron chi connectivity index (χ0n) is 19.7. The second-order valence-electron chi connectivity index (χ2n) is 8.82. The predicted octanol–water partition coefficient (Wildman–Crippen LogP) is 6.25. The predicted molar refractivity (Wildman–Crippen MR) is 137 cm³/mol. The van der Waals surface area contributed by atoms with Crippen molar-refractivity contribution in [2.75, 3.05) is 5.32 Å². The van der Waals surface area contributed by atoms with Crippen molar-refractivity contribution in [3.63, 3.8) is 0 Å². The molecule has 0 aliphatic carbocycles. The van der Waals surface area contributed by atoms with E-state index in [2.05, 4.69) is 9.88 Å². The number of hydrogen-bond acceptors (Lipinski definition) is 2. The Hall–Kier alpha value is -4.65. The zero-order chi connectivity index (χ0) is 24.6. The van der Waals surface area contributed by atoms with Crippen molar-refractivity contribution in [3.05, 3.63) is 132 Å². The van der Waals surface area contributed by atoms with Crippen LogP contribution in [0, 0.1) is 12.7 Å². The van der Waals surface area contributed by atoms with Gasteiger partial charge in [0.2, 0.25) is 0 Å². The maximum absolute atomic E-state index is 13.9. The van der Waals surface area contributed by atoms with Gasteiger partial charge < -0.3 is 14.8 Å². The number of para-hydroxylation sites is 2. The average molecular weight is 478 g/mol. The fourth-order valence-electron chi connectivity index (χ4n) is 4.86. The fourth-order valence-corrected chi connectivity index (χ4v) is 4.86. The minimum atomic E-state index is -0.444. The number of nitrogens with zero attached hydrogens (tertiary/aromatic N) is 4. The van der Waals surface area contributed by atoms with Crippen LogP contribution in [0.2, 0.25) is 0 Å². The monoisotopic (exact) mass is 477 g/mol. The first-order valence-electron chi connectivity index (χ1n) is 11.8. The molecule has 0 bridgehead atoms. The van der Waals surface area contributed by atoms with E-state index in [1.165, 1.54) is 12.1 Å². The number of carbonyl (C=O) groups is 1. The number of fused-ring (bicyclic) bond motifs is 3. The highest BCUT2D eigenvalue weighted by molar-refractivity contribution is 5.90. The number of aromatic nitrogens is 3. The van der Waals surface area contributed by atoms with Gasteiger partial charge in [-0.2, -0.15) is 5.10 Å². The molecule has 2 aromatic heterocycles. The van der Waals surface area contributed by atoms with Gasteiger partial charge in [-0.25, -0.2) is 13.9 Å². The zero-order valence-corrected chi connectivity index (χ0v) is 19.7. The van der Waals surface area contributed by atoms with Gasteiger partial charge in [0.15, 0.2) is 0 Å². The van der Waals surface area contributed by atoms with Crippen LogP contribution in [0.5, 0.6) is 0 Å². The topological polar surface area (TPSA) is 55.1 Å². The molecule has 5 aromatic rings. The summed E-state index contributed by atoms with van der Waals surface area (Å²) < 4.78 is 17.9. The number of urea groups is 1. The van der Waals surface area contributed by atoms with Crippen LogP contribution in [0.25, 0.3) is 11.5 Å². The third kappa shape index (κ3) is 3.75. The number of rotatable bonds is 3. The molecule has 6 nitrogen and oxygen atoms in total. The van der Waals surface area contributed by atoms with Crippen LogP contribution in [0.1, 0.15) is 28.6 Å². The second kappa shape index (κ2) is 8.85. The van der Waals surface area contributed by atoms with E-state index in [-0.39, 0.29) is 11.8 Å². The molecule has 1 aliphatic rings. The molecule has 1 N–H and O–H groups in total. The van der Waals surface area contributed by atoms with Crippen molar-refractivity contribution in [3.8, 4) is 11.5 Å². The maximum Gasteiger partial charge on any atom is 0.322 e. The van der Waals surface area contributed by atoms with E-state index in [9.17, 15) is 9.18 Å². The second-order valence-corrected chi connectivity index (χ2v) is 8.82. The van der Waals surface area contributed by atoms with Crippen LogP contribution < -0.4 is 5.32 Å². The van der Waals surface area contributed by atoms with Gasteiger partial charge in [0, 0.05) is 17.4 Å². The lowest BCUT2D eigenvalue weighted by molar-refractivity contribution is 0.194. The molecule has 0 fully saturated rings. The Morgan fingerprint density at radius 1 is 0.917 bits per heavy atom. The Balaban J connectivity index is 1.54. The quantitative estimate of drug-likeness (QED) is 0.334. The number of nitrogens with one attached hydrogen (secondary N) is 1. The first-order chi connectivity index (χ1) is 17.6. The number of benzene rings is 3. The van der Waals surface area contributed by atoms with Crippen molar-refractivity contribution >= 4 is 11.7 Å². The molecule has 1 aliphatic heterocycles. The van der Waals surface area contributed by atoms with Gasteiger partial charge >= 0.3 is 6.03 Å². The molecular weight excluding hydrogens is 453 g/mol. The molecule has 3 heterocycles. The SMILES string of the molecule is Cc1nn(-c2ccccc2)c2c1CN(C(=O)Nc1ccccc1)[C@H](c1ccc(F)cc1)c1cccn1-2. The molecule has 178 valence electrons. The van der Waals surface area contributed by atoms with E-state index in [1.807, 2.05) is 90.6 Å². The van der Waals surface area contributed by atoms with Crippen molar-refractivity contribution in [1.82, 2.24) is 19.2 Å². The van der Waals surface area contributed by atoms with Crippen molar-refractivity contribution in [2.45, 2.75) is 19.5 Å². The van der Waals surface area contributed by atoms with Crippen LogP contribution in [0.15, 0.2) is 103 Å². The normalized spacial score (nSPS) is 14.6. The highest BCUT2D eigenvalue weighted by Gasteiger charge is 2.36. The molecule has 1 atom stereocenters. The van der Waals surface area contributed by atoms with E-state index in [1.54, 1.807) is 17.0 Å². The minimum Gasteiger partial charge on any atom is -0.308 e. The van der Waals surface area contributed by atoms with Crippen LogP contribution in [-0.2, 0) is 6.54 Å².